The Morgan fingerprint density at radius 2 is 1.65 bits per heavy atom. The fourth-order valence-electron chi connectivity index (χ4n) is 5.21. The minimum atomic E-state index is -0.363. The zero-order valence-electron chi connectivity index (χ0n) is 21.9. The average molecular weight is 535 g/mol. The zero-order chi connectivity index (χ0) is 27.4. The van der Waals surface area contributed by atoms with Gasteiger partial charge in [-0.3, -0.25) is 0 Å². The van der Waals surface area contributed by atoms with Crippen molar-refractivity contribution in [2.24, 2.45) is 0 Å². The third kappa shape index (κ3) is 3.68. The molecule has 10 heteroatoms. The smallest absolute Gasteiger partial charge is 0.230 e. The predicted molar refractivity (Wildman–Crippen MR) is 145 cm³/mol. The molecule has 3 aromatic carbocycles. The van der Waals surface area contributed by atoms with E-state index in [0.29, 0.717) is 40.3 Å². The first-order valence-corrected chi connectivity index (χ1v) is 12.6. The van der Waals surface area contributed by atoms with Gasteiger partial charge in [0.25, 0.3) is 0 Å². The summed E-state index contributed by atoms with van der Waals surface area (Å²) in [7, 11) is 3.21. The summed E-state index contributed by atoms with van der Waals surface area (Å²) in [5.41, 5.74) is 5.45. The number of fused-ring (bicyclic) bond motifs is 4. The highest BCUT2D eigenvalue weighted by atomic mass is 19.1. The fraction of sp³-hybridized carbons (Fsp3) is 0.133. The third-order valence-electron chi connectivity index (χ3n) is 7.06. The number of methoxy groups -OCH3 is 2. The van der Waals surface area contributed by atoms with Gasteiger partial charge in [0.2, 0.25) is 11.8 Å². The number of rotatable bonds is 5. The summed E-state index contributed by atoms with van der Waals surface area (Å²) >= 11 is 0. The molecule has 0 amide bonds. The quantitative estimate of drug-likeness (QED) is 0.279. The van der Waals surface area contributed by atoms with Crippen molar-refractivity contribution < 1.29 is 18.6 Å². The Morgan fingerprint density at radius 1 is 0.875 bits per heavy atom. The molecule has 0 aliphatic carbocycles. The zero-order valence-corrected chi connectivity index (χ0v) is 21.9. The molecule has 0 fully saturated rings. The highest BCUT2D eigenvalue weighted by Gasteiger charge is 2.38. The van der Waals surface area contributed by atoms with Crippen LogP contribution in [0.1, 0.15) is 28.3 Å². The standard InChI is InChI=1S/C30H23FN6O3/c1-17-24-25(19-11-14-22(38-2)23(15-19)39-3)26-28-33-27(18-9-12-20(31)13-10-18)35-36(28)16-32-29(26)40-30(24)37(34-17)21-7-5-4-6-8-21/h4-16,25H,1-3H3. The second kappa shape index (κ2) is 9.19. The van der Waals surface area contributed by atoms with Gasteiger partial charge in [-0.2, -0.15) is 5.10 Å². The maximum absolute atomic E-state index is 13.6. The van der Waals surface area contributed by atoms with Crippen LogP contribution in [0, 0.1) is 12.7 Å². The molecule has 7 rings (SSSR count). The number of nitrogens with zero attached hydrogens (tertiary/aromatic N) is 6. The van der Waals surface area contributed by atoms with Crippen molar-refractivity contribution in [3.05, 3.63) is 107 Å². The predicted octanol–water partition coefficient (Wildman–Crippen LogP) is 5.73. The third-order valence-corrected chi connectivity index (χ3v) is 7.06. The van der Waals surface area contributed by atoms with Crippen LogP contribution in [0.25, 0.3) is 22.7 Å². The highest BCUT2D eigenvalue weighted by molar-refractivity contribution is 5.69. The molecular weight excluding hydrogens is 511 g/mol. The van der Waals surface area contributed by atoms with Crippen LogP contribution in [-0.4, -0.2) is 43.6 Å². The number of aryl methyl sites for hydroxylation is 1. The number of aromatic nitrogens is 6. The summed E-state index contributed by atoms with van der Waals surface area (Å²) in [6.07, 6.45) is 1.57. The number of hydrogen-bond acceptors (Lipinski definition) is 7. The largest absolute Gasteiger partial charge is 0.493 e. The Kier molecular flexibility index (Phi) is 5.48. The van der Waals surface area contributed by atoms with Gasteiger partial charge in [0.05, 0.1) is 42.6 Å². The van der Waals surface area contributed by atoms with Crippen molar-refractivity contribution in [2.75, 3.05) is 14.2 Å². The Balaban J connectivity index is 1.49. The van der Waals surface area contributed by atoms with Crippen LogP contribution in [-0.2, 0) is 0 Å². The average Bonchev–Trinajstić information content (AvgIpc) is 3.58. The van der Waals surface area contributed by atoms with Crippen LogP contribution in [0.4, 0.5) is 4.39 Å². The van der Waals surface area contributed by atoms with E-state index in [1.807, 2.05) is 55.5 Å². The van der Waals surface area contributed by atoms with E-state index in [4.69, 9.17) is 24.3 Å². The van der Waals surface area contributed by atoms with E-state index in [9.17, 15) is 4.39 Å². The van der Waals surface area contributed by atoms with E-state index < -0.39 is 0 Å². The molecular formula is C30H23FN6O3. The first kappa shape index (κ1) is 23.8. The summed E-state index contributed by atoms with van der Waals surface area (Å²) in [5.74, 6) is 1.94. The van der Waals surface area contributed by atoms with E-state index in [0.717, 1.165) is 28.1 Å². The van der Waals surface area contributed by atoms with Crippen molar-refractivity contribution in [1.29, 1.82) is 0 Å². The fourth-order valence-corrected chi connectivity index (χ4v) is 5.21. The van der Waals surface area contributed by atoms with E-state index >= 15 is 0 Å². The molecule has 40 heavy (non-hydrogen) atoms. The van der Waals surface area contributed by atoms with Crippen LogP contribution < -0.4 is 14.2 Å². The molecule has 9 nitrogen and oxygen atoms in total. The summed E-state index contributed by atoms with van der Waals surface area (Å²) < 4.78 is 34.6. The van der Waals surface area contributed by atoms with Gasteiger partial charge in [0, 0.05) is 5.56 Å². The van der Waals surface area contributed by atoms with Gasteiger partial charge in [0.15, 0.2) is 23.0 Å². The van der Waals surface area contributed by atoms with Gasteiger partial charge in [0.1, 0.15) is 12.1 Å². The minimum absolute atomic E-state index is 0.327. The topological polar surface area (TPSA) is 88.6 Å². The molecule has 0 bridgehead atoms. The summed E-state index contributed by atoms with van der Waals surface area (Å²) in [6.45, 7) is 1.96. The molecule has 1 unspecified atom stereocenters. The monoisotopic (exact) mass is 534 g/mol. The van der Waals surface area contributed by atoms with E-state index in [2.05, 4.69) is 10.1 Å². The van der Waals surface area contributed by atoms with Gasteiger partial charge in [-0.05, 0) is 61.0 Å². The van der Waals surface area contributed by atoms with Crippen molar-refractivity contribution >= 4 is 5.65 Å². The molecule has 198 valence electrons. The Hall–Kier alpha value is -5.25. The Labute approximate surface area is 228 Å². The molecule has 3 aromatic heterocycles. The van der Waals surface area contributed by atoms with Gasteiger partial charge >= 0.3 is 0 Å². The molecule has 0 radical (unpaired) electrons. The van der Waals surface area contributed by atoms with Crippen LogP contribution in [0.5, 0.6) is 23.3 Å². The van der Waals surface area contributed by atoms with E-state index in [-0.39, 0.29) is 11.7 Å². The number of hydrogen-bond donors (Lipinski definition) is 0. The first-order valence-electron chi connectivity index (χ1n) is 12.6. The van der Waals surface area contributed by atoms with Gasteiger partial charge in [-0.1, -0.05) is 24.3 Å². The lowest BCUT2D eigenvalue weighted by molar-refractivity contribution is 0.354. The Bertz CT molecular complexity index is 1880. The maximum Gasteiger partial charge on any atom is 0.230 e. The molecule has 0 saturated heterocycles. The number of halogens is 1. The molecule has 0 saturated carbocycles. The highest BCUT2D eigenvalue weighted by Crippen LogP contribution is 2.50. The van der Waals surface area contributed by atoms with Crippen molar-refractivity contribution in [1.82, 2.24) is 29.4 Å². The molecule has 6 aromatic rings. The van der Waals surface area contributed by atoms with Crippen molar-refractivity contribution in [3.8, 4) is 40.3 Å². The van der Waals surface area contributed by atoms with Crippen molar-refractivity contribution in [3.63, 3.8) is 0 Å². The lowest BCUT2D eigenvalue weighted by Gasteiger charge is -2.26. The van der Waals surface area contributed by atoms with E-state index in [1.165, 1.54) is 12.1 Å². The summed E-state index contributed by atoms with van der Waals surface area (Å²) in [6, 6.07) is 21.7. The molecule has 0 N–H and O–H groups in total. The van der Waals surface area contributed by atoms with E-state index in [1.54, 1.807) is 41.9 Å². The Morgan fingerprint density at radius 3 is 2.40 bits per heavy atom. The number of ether oxygens (including phenoxy) is 3. The molecule has 1 aliphatic heterocycles. The second-order valence-electron chi connectivity index (χ2n) is 9.37. The van der Waals surface area contributed by atoms with Crippen LogP contribution in [0.15, 0.2) is 79.1 Å². The lowest BCUT2D eigenvalue weighted by Crippen LogP contribution is -2.16. The SMILES string of the molecule is COc1ccc(C2c3c(C)nn(-c4ccccc4)c3Oc3ncn4nc(-c5ccc(F)cc5)nc4c32)cc1OC. The van der Waals surface area contributed by atoms with Crippen LogP contribution >= 0.6 is 0 Å². The first-order chi connectivity index (χ1) is 19.6. The van der Waals surface area contributed by atoms with Gasteiger partial charge < -0.3 is 14.2 Å². The van der Waals surface area contributed by atoms with Gasteiger partial charge in [-0.15, -0.1) is 5.10 Å². The molecule has 1 aliphatic rings. The number of para-hydroxylation sites is 1. The molecule has 0 spiro atoms. The normalized spacial score (nSPS) is 13.9. The summed E-state index contributed by atoms with van der Waals surface area (Å²) in [4.78, 5) is 9.52. The molecule has 4 heterocycles. The van der Waals surface area contributed by atoms with Gasteiger partial charge in [-0.25, -0.2) is 23.6 Å². The number of benzene rings is 3. The lowest BCUT2D eigenvalue weighted by atomic mass is 9.84. The second-order valence-corrected chi connectivity index (χ2v) is 9.37. The van der Waals surface area contributed by atoms with Crippen molar-refractivity contribution in [2.45, 2.75) is 12.8 Å². The summed E-state index contributed by atoms with van der Waals surface area (Å²) in [5, 5.41) is 9.51. The van der Waals surface area contributed by atoms with Crippen LogP contribution in [0.3, 0.4) is 0 Å². The maximum atomic E-state index is 13.6. The molecule has 1 atom stereocenters. The minimum Gasteiger partial charge on any atom is -0.493 e. The van der Waals surface area contributed by atoms with Crippen LogP contribution in [0.2, 0.25) is 0 Å².